The van der Waals surface area contributed by atoms with Crippen molar-refractivity contribution in [1.29, 1.82) is 0 Å². The van der Waals surface area contributed by atoms with E-state index in [2.05, 4.69) is 15.0 Å². The average Bonchev–Trinajstić information content (AvgIpc) is 2.77. The zero-order chi connectivity index (χ0) is 11.8. The summed E-state index contributed by atoms with van der Waals surface area (Å²) >= 11 is 7.99. The van der Waals surface area contributed by atoms with Crippen molar-refractivity contribution in [3.63, 3.8) is 0 Å². The van der Waals surface area contributed by atoms with E-state index in [9.17, 15) is 0 Å². The van der Waals surface area contributed by atoms with Crippen LogP contribution in [0.3, 0.4) is 0 Å². The Hall–Kier alpha value is -1.13. The summed E-state index contributed by atoms with van der Waals surface area (Å²) in [5.74, 6) is 2.45. The number of fused-ring (bicyclic) bond motifs is 1. The monoisotopic (exact) mass is 263 g/mol. The van der Waals surface area contributed by atoms with Crippen LogP contribution >= 0.6 is 23.4 Å². The lowest BCUT2D eigenvalue weighted by Crippen LogP contribution is -1.98. The molecule has 0 spiro atoms. The number of aromatic nitrogens is 3. The summed E-state index contributed by atoms with van der Waals surface area (Å²) in [6.07, 6.45) is 1.77. The number of rotatable bonds is 1. The van der Waals surface area contributed by atoms with Crippen LogP contribution in [0.2, 0.25) is 5.15 Å². The molecule has 3 rings (SSSR count). The van der Waals surface area contributed by atoms with Gasteiger partial charge in [0.15, 0.2) is 5.82 Å². The van der Waals surface area contributed by atoms with Gasteiger partial charge in [-0.25, -0.2) is 9.97 Å². The second-order valence-corrected chi connectivity index (χ2v) is 5.32. The molecule has 0 fully saturated rings. The highest BCUT2D eigenvalue weighted by molar-refractivity contribution is 7.98. The minimum Gasteiger partial charge on any atom is -0.253 e. The first-order chi connectivity index (χ1) is 8.24. The number of thioether (sulfide) groups is 1. The maximum absolute atomic E-state index is 6.17. The smallest absolute Gasteiger partial charge is 0.179 e. The second-order valence-electron chi connectivity index (χ2n) is 3.97. The van der Waals surface area contributed by atoms with Gasteiger partial charge in [-0.15, -0.1) is 0 Å². The molecular weight excluding hydrogens is 254 g/mol. The lowest BCUT2D eigenvalue weighted by Gasteiger charge is -2.04. The van der Waals surface area contributed by atoms with Crippen molar-refractivity contribution in [2.45, 2.75) is 18.4 Å². The van der Waals surface area contributed by atoms with E-state index in [4.69, 9.17) is 11.6 Å². The van der Waals surface area contributed by atoms with Crippen LogP contribution in [0.4, 0.5) is 0 Å². The molecular formula is C12H10ClN3S. The molecule has 2 aromatic heterocycles. The van der Waals surface area contributed by atoms with Gasteiger partial charge in [0.05, 0.1) is 5.69 Å². The van der Waals surface area contributed by atoms with Crippen molar-refractivity contribution in [1.82, 2.24) is 15.0 Å². The van der Waals surface area contributed by atoms with Crippen LogP contribution < -0.4 is 0 Å². The highest BCUT2D eigenvalue weighted by Gasteiger charge is 2.19. The van der Waals surface area contributed by atoms with Crippen molar-refractivity contribution in [3.05, 3.63) is 40.3 Å². The molecule has 1 aliphatic heterocycles. The standard InChI is InChI=1S/C12H10ClN3S/c1-7-2-3-14-9(4-7)12-15-10-6-17-5-8(10)11(13)16-12/h2-4H,5-6H2,1H3. The van der Waals surface area contributed by atoms with E-state index in [-0.39, 0.29) is 0 Å². The maximum Gasteiger partial charge on any atom is 0.179 e. The molecule has 0 saturated heterocycles. The van der Waals surface area contributed by atoms with Crippen molar-refractivity contribution in [2.75, 3.05) is 0 Å². The largest absolute Gasteiger partial charge is 0.253 e. The van der Waals surface area contributed by atoms with E-state index in [0.29, 0.717) is 11.0 Å². The summed E-state index contributed by atoms with van der Waals surface area (Å²) in [6.45, 7) is 2.02. The topological polar surface area (TPSA) is 38.7 Å². The minimum atomic E-state index is 0.568. The quantitative estimate of drug-likeness (QED) is 0.741. The van der Waals surface area contributed by atoms with Crippen LogP contribution in [0.15, 0.2) is 18.3 Å². The van der Waals surface area contributed by atoms with Crippen molar-refractivity contribution >= 4 is 23.4 Å². The molecule has 0 aromatic carbocycles. The Bertz CT molecular complexity index is 586. The van der Waals surface area contributed by atoms with E-state index in [1.165, 1.54) is 0 Å². The van der Waals surface area contributed by atoms with Crippen LogP contribution in [0.5, 0.6) is 0 Å². The molecule has 2 aromatic rings. The first-order valence-electron chi connectivity index (χ1n) is 5.30. The number of halogens is 1. The number of aryl methyl sites for hydroxylation is 1. The van der Waals surface area contributed by atoms with Crippen molar-refractivity contribution < 1.29 is 0 Å². The van der Waals surface area contributed by atoms with Gasteiger partial charge in [-0.2, -0.15) is 11.8 Å². The third kappa shape index (κ3) is 2.03. The Balaban J connectivity index is 2.13. The SMILES string of the molecule is Cc1ccnc(-c2nc(Cl)c3c(n2)CSC3)c1. The molecule has 0 atom stereocenters. The minimum absolute atomic E-state index is 0.568. The van der Waals surface area contributed by atoms with E-state index in [0.717, 1.165) is 34.0 Å². The second kappa shape index (κ2) is 4.27. The highest BCUT2D eigenvalue weighted by Crippen LogP contribution is 2.33. The molecule has 17 heavy (non-hydrogen) atoms. The third-order valence-electron chi connectivity index (χ3n) is 2.67. The molecule has 0 amide bonds. The van der Waals surface area contributed by atoms with E-state index < -0.39 is 0 Å². The highest BCUT2D eigenvalue weighted by atomic mass is 35.5. The van der Waals surface area contributed by atoms with Gasteiger partial charge in [0.1, 0.15) is 10.8 Å². The number of pyridine rings is 1. The molecule has 0 N–H and O–H groups in total. The molecule has 0 aliphatic carbocycles. The summed E-state index contributed by atoms with van der Waals surface area (Å²) in [6, 6.07) is 3.93. The molecule has 0 radical (unpaired) electrons. The zero-order valence-electron chi connectivity index (χ0n) is 9.27. The molecule has 0 saturated carbocycles. The molecule has 5 heteroatoms. The van der Waals surface area contributed by atoms with Gasteiger partial charge in [0.25, 0.3) is 0 Å². The third-order valence-corrected chi connectivity index (χ3v) is 3.96. The molecule has 86 valence electrons. The van der Waals surface area contributed by atoms with E-state index in [1.807, 2.05) is 30.8 Å². The first kappa shape index (κ1) is 11.0. The van der Waals surface area contributed by atoms with Crippen LogP contribution in [0.1, 0.15) is 16.8 Å². The van der Waals surface area contributed by atoms with Crippen LogP contribution in [0.25, 0.3) is 11.5 Å². The van der Waals surface area contributed by atoms with Gasteiger partial charge in [-0.1, -0.05) is 11.6 Å². The van der Waals surface area contributed by atoms with Gasteiger partial charge >= 0.3 is 0 Å². The van der Waals surface area contributed by atoms with Gasteiger partial charge in [0, 0.05) is 23.3 Å². The average molecular weight is 264 g/mol. The van der Waals surface area contributed by atoms with Crippen molar-refractivity contribution in [2.24, 2.45) is 0 Å². The molecule has 3 nitrogen and oxygen atoms in total. The summed E-state index contributed by atoms with van der Waals surface area (Å²) in [5.41, 5.74) is 4.05. The summed E-state index contributed by atoms with van der Waals surface area (Å²) in [7, 11) is 0. The lowest BCUT2D eigenvalue weighted by molar-refractivity contribution is 1.06. The Labute approximate surface area is 109 Å². The van der Waals surface area contributed by atoms with E-state index >= 15 is 0 Å². The molecule has 1 aliphatic rings. The fourth-order valence-electron chi connectivity index (χ4n) is 1.78. The predicted molar refractivity (Wildman–Crippen MR) is 70.0 cm³/mol. The predicted octanol–water partition coefficient (Wildman–Crippen LogP) is 3.25. The Kier molecular flexibility index (Phi) is 2.76. The number of hydrogen-bond donors (Lipinski definition) is 0. The van der Waals surface area contributed by atoms with Gasteiger partial charge < -0.3 is 0 Å². The first-order valence-corrected chi connectivity index (χ1v) is 6.83. The summed E-state index contributed by atoms with van der Waals surface area (Å²) in [4.78, 5) is 13.2. The fourth-order valence-corrected chi connectivity index (χ4v) is 3.16. The van der Waals surface area contributed by atoms with Crippen molar-refractivity contribution in [3.8, 4) is 11.5 Å². The molecule has 0 bridgehead atoms. The van der Waals surface area contributed by atoms with Gasteiger partial charge in [0.2, 0.25) is 0 Å². The Morgan fingerprint density at radius 2 is 2.18 bits per heavy atom. The van der Waals surface area contributed by atoms with Crippen LogP contribution in [-0.4, -0.2) is 15.0 Å². The maximum atomic E-state index is 6.17. The summed E-state index contributed by atoms with van der Waals surface area (Å²) < 4.78 is 0. The summed E-state index contributed by atoms with van der Waals surface area (Å²) in [5, 5.41) is 0.568. The number of nitrogens with zero attached hydrogens (tertiary/aromatic N) is 3. The molecule has 0 unspecified atom stereocenters. The van der Waals surface area contributed by atoms with Gasteiger partial charge in [-0.05, 0) is 24.6 Å². The number of hydrogen-bond acceptors (Lipinski definition) is 4. The van der Waals surface area contributed by atoms with E-state index in [1.54, 1.807) is 6.20 Å². The Morgan fingerprint density at radius 1 is 1.29 bits per heavy atom. The van der Waals surface area contributed by atoms with Crippen LogP contribution in [0, 0.1) is 6.92 Å². The zero-order valence-corrected chi connectivity index (χ0v) is 10.8. The fraction of sp³-hybridized carbons (Fsp3) is 0.250. The Morgan fingerprint density at radius 3 is 3.00 bits per heavy atom. The van der Waals surface area contributed by atoms with Gasteiger partial charge in [-0.3, -0.25) is 4.98 Å². The molecule has 3 heterocycles. The normalized spacial score (nSPS) is 13.8. The van der Waals surface area contributed by atoms with Crippen LogP contribution in [-0.2, 0) is 11.5 Å². The lowest BCUT2D eigenvalue weighted by atomic mass is 10.2.